The molecule has 3 heteroatoms. The zero-order chi connectivity index (χ0) is 14.4. The summed E-state index contributed by atoms with van der Waals surface area (Å²) in [6, 6.07) is 18.2. The smallest absolute Gasteiger partial charge is 0.120 e. The second-order valence-corrected chi connectivity index (χ2v) is 5.70. The lowest BCUT2D eigenvalue weighted by Gasteiger charge is -2.21. The van der Waals surface area contributed by atoms with Crippen molar-refractivity contribution in [2.75, 3.05) is 5.43 Å². The van der Waals surface area contributed by atoms with Gasteiger partial charge >= 0.3 is 0 Å². The molecule has 0 heterocycles. The molecule has 20 heavy (non-hydrogen) atoms. The number of hydrazine groups is 1. The summed E-state index contributed by atoms with van der Waals surface area (Å²) >= 11 is 0. The average Bonchev–Trinajstić information content (AvgIpc) is 2.40. The monoisotopic (exact) mass is 270 g/mol. The van der Waals surface area contributed by atoms with E-state index >= 15 is 0 Å². The van der Waals surface area contributed by atoms with Crippen molar-refractivity contribution >= 4 is 5.69 Å². The lowest BCUT2D eigenvalue weighted by Crippen LogP contribution is -2.23. The molecule has 0 unspecified atom stereocenters. The first-order valence-corrected chi connectivity index (χ1v) is 6.85. The van der Waals surface area contributed by atoms with E-state index in [2.05, 4.69) is 23.0 Å². The van der Waals surface area contributed by atoms with Crippen molar-refractivity contribution < 1.29 is 4.74 Å². The Morgan fingerprint density at radius 1 is 0.900 bits per heavy atom. The van der Waals surface area contributed by atoms with Crippen LogP contribution in [-0.2, 0) is 6.54 Å². The predicted octanol–water partition coefficient (Wildman–Crippen LogP) is 3.98. The summed E-state index contributed by atoms with van der Waals surface area (Å²) < 4.78 is 5.79. The van der Waals surface area contributed by atoms with E-state index < -0.39 is 0 Å². The van der Waals surface area contributed by atoms with Gasteiger partial charge in [0, 0.05) is 12.2 Å². The molecule has 2 rings (SSSR count). The van der Waals surface area contributed by atoms with E-state index in [1.807, 2.05) is 63.2 Å². The zero-order valence-corrected chi connectivity index (χ0v) is 12.3. The highest BCUT2D eigenvalue weighted by Gasteiger charge is 2.11. The lowest BCUT2D eigenvalue weighted by atomic mass is 10.1. The molecule has 0 spiro atoms. The highest BCUT2D eigenvalue weighted by Crippen LogP contribution is 2.18. The third-order valence-corrected chi connectivity index (χ3v) is 2.65. The molecule has 0 aromatic heterocycles. The summed E-state index contributed by atoms with van der Waals surface area (Å²) in [5, 5.41) is 0. The van der Waals surface area contributed by atoms with E-state index in [4.69, 9.17) is 4.74 Å². The molecule has 0 amide bonds. The van der Waals surface area contributed by atoms with Gasteiger partial charge in [0.1, 0.15) is 11.4 Å². The van der Waals surface area contributed by atoms with E-state index in [0.717, 1.165) is 18.0 Å². The summed E-state index contributed by atoms with van der Waals surface area (Å²) in [7, 11) is 0. The molecule has 0 saturated carbocycles. The minimum atomic E-state index is -0.158. The van der Waals surface area contributed by atoms with Crippen LogP contribution in [0.4, 0.5) is 5.69 Å². The summed E-state index contributed by atoms with van der Waals surface area (Å²) in [5.74, 6) is 0.900. The van der Waals surface area contributed by atoms with Crippen LogP contribution in [0.1, 0.15) is 26.3 Å². The Morgan fingerprint density at radius 2 is 1.55 bits per heavy atom. The minimum Gasteiger partial charge on any atom is -0.488 e. The van der Waals surface area contributed by atoms with Crippen LogP contribution < -0.4 is 15.6 Å². The SMILES string of the molecule is CC(C)(C)Oc1ccc(CNNc2ccccc2)cc1. The Labute approximate surface area is 120 Å². The van der Waals surface area contributed by atoms with Crippen LogP contribution in [0.3, 0.4) is 0 Å². The summed E-state index contributed by atoms with van der Waals surface area (Å²) in [5.41, 5.74) is 8.46. The van der Waals surface area contributed by atoms with Gasteiger partial charge in [0.15, 0.2) is 0 Å². The summed E-state index contributed by atoms with van der Waals surface area (Å²) in [4.78, 5) is 0. The van der Waals surface area contributed by atoms with Crippen molar-refractivity contribution in [3.05, 3.63) is 60.2 Å². The maximum absolute atomic E-state index is 5.79. The number of benzene rings is 2. The highest BCUT2D eigenvalue weighted by atomic mass is 16.5. The van der Waals surface area contributed by atoms with E-state index in [9.17, 15) is 0 Å². The number of anilines is 1. The Kier molecular flexibility index (Phi) is 4.64. The van der Waals surface area contributed by atoms with Gasteiger partial charge in [0.05, 0.1) is 0 Å². The maximum Gasteiger partial charge on any atom is 0.120 e. The van der Waals surface area contributed by atoms with Gasteiger partial charge in [-0.15, -0.1) is 0 Å². The third kappa shape index (κ3) is 4.94. The van der Waals surface area contributed by atoms with Crippen molar-refractivity contribution in [3.63, 3.8) is 0 Å². The first-order valence-electron chi connectivity index (χ1n) is 6.85. The highest BCUT2D eigenvalue weighted by molar-refractivity contribution is 5.41. The fourth-order valence-electron chi connectivity index (χ4n) is 1.80. The van der Waals surface area contributed by atoms with Gasteiger partial charge < -0.3 is 10.2 Å². The molecular formula is C17H22N2O. The van der Waals surface area contributed by atoms with Gasteiger partial charge in [-0.2, -0.15) is 0 Å². The fraction of sp³-hybridized carbons (Fsp3) is 0.294. The van der Waals surface area contributed by atoms with Crippen LogP contribution in [0, 0.1) is 0 Å². The Hall–Kier alpha value is -2.00. The average molecular weight is 270 g/mol. The van der Waals surface area contributed by atoms with E-state index in [0.29, 0.717) is 0 Å². The molecular weight excluding hydrogens is 248 g/mol. The summed E-state index contributed by atoms with van der Waals surface area (Å²) in [6.07, 6.45) is 0. The lowest BCUT2D eigenvalue weighted by molar-refractivity contribution is 0.131. The number of nitrogens with one attached hydrogen (secondary N) is 2. The maximum atomic E-state index is 5.79. The Bertz CT molecular complexity index is 515. The Balaban J connectivity index is 1.82. The van der Waals surface area contributed by atoms with Gasteiger partial charge in [0.25, 0.3) is 0 Å². The van der Waals surface area contributed by atoms with Gasteiger partial charge in [0.2, 0.25) is 0 Å². The van der Waals surface area contributed by atoms with Crippen molar-refractivity contribution in [1.82, 2.24) is 5.43 Å². The summed E-state index contributed by atoms with van der Waals surface area (Å²) in [6.45, 7) is 6.90. The quantitative estimate of drug-likeness (QED) is 0.806. The zero-order valence-electron chi connectivity index (χ0n) is 12.3. The van der Waals surface area contributed by atoms with Crippen molar-refractivity contribution in [3.8, 4) is 5.75 Å². The van der Waals surface area contributed by atoms with Crippen LogP contribution in [-0.4, -0.2) is 5.60 Å². The molecule has 2 aromatic rings. The van der Waals surface area contributed by atoms with Crippen LogP contribution in [0.2, 0.25) is 0 Å². The van der Waals surface area contributed by atoms with E-state index in [1.165, 1.54) is 5.56 Å². The number of ether oxygens (including phenoxy) is 1. The fourth-order valence-corrected chi connectivity index (χ4v) is 1.80. The molecule has 2 aromatic carbocycles. The van der Waals surface area contributed by atoms with Crippen molar-refractivity contribution in [2.45, 2.75) is 32.9 Å². The van der Waals surface area contributed by atoms with Crippen molar-refractivity contribution in [1.29, 1.82) is 0 Å². The number of hydrogen-bond acceptors (Lipinski definition) is 3. The molecule has 0 fully saturated rings. The standard InChI is InChI=1S/C17H22N2O/c1-17(2,3)20-16-11-9-14(10-12-16)13-18-19-15-7-5-4-6-8-15/h4-12,18-19H,13H2,1-3H3. The predicted molar refractivity (Wildman–Crippen MR) is 83.7 cm³/mol. The topological polar surface area (TPSA) is 33.3 Å². The molecule has 2 N–H and O–H groups in total. The molecule has 106 valence electrons. The number of rotatable bonds is 5. The first-order chi connectivity index (χ1) is 9.53. The van der Waals surface area contributed by atoms with Gasteiger partial charge in [-0.25, -0.2) is 5.43 Å². The van der Waals surface area contributed by atoms with E-state index in [1.54, 1.807) is 0 Å². The van der Waals surface area contributed by atoms with Crippen molar-refractivity contribution in [2.24, 2.45) is 0 Å². The number of hydrogen-bond donors (Lipinski definition) is 2. The molecule has 0 aliphatic carbocycles. The van der Waals surface area contributed by atoms with E-state index in [-0.39, 0.29) is 5.60 Å². The van der Waals surface area contributed by atoms with Crippen LogP contribution >= 0.6 is 0 Å². The third-order valence-electron chi connectivity index (χ3n) is 2.65. The second-order valence-electron chi connectivity index (χ2n) is 5.70. The van der Waals surface area contributed by atoms with Crippen LogP contribution in [0.5, 0.6) is 5.75 Å². The second kappa shape index (κ2) is 6.44. The molecule has 0 atom stereocenters. The Morgan fingerprint density at radius 3 is 2.15 bits per heavy atom. The van der Waals surface area contributed by atoms with Gasteiger partial charge in [-0.3, -0.25) is 0 Å². The van der Waals surface area contributed by atoms with Crippen LogP contribution in [0.25, 0.3) is 0 Å². The van der Waals surface area contributed by atoms with Gasteiger partial charge in [-0.05, 0) is 50.6 Å². The molecule has 0 radical (unpaired) electrons. The number of para-hydroxylation sites is 1. The molecule has 0 bridgehead atoms. The molecule has 0 saturated heterocycles. The molecule has 3 nitrogen and oxygen atoms in total. The van der Waals surface area contributed by atoms with Crippen LogP contribution in [0.15, 0.2) is 54.6 Å². The largest absolute Gasteiger partial charge is 0.488 e. The van der Waals surface area contributed by atoms with Gasteiger partial charge in [-0.1, -0.05) is 30.3 Å². The first kappa shape index (κ1) is 14.4. The normalized spacial score (nSPS) is 11.2. The molecule has 0 aliphatic rings. The molecule has 0 aliphatic heterocycles. The minimum absolute atomic E-state index is 0.158.